The fourth-order valence-electron chi connectivity index (χ4n) is 3.23. The number of fused-ring (bicyclic) bond motifs is 1. The minimum absolute atomic E-state index is 0. The van der Waals surface area contributed by atoms with Crippen molar-refractivity contribution in [3.8, 4) is 0 Å². The highest BCUT2D eigenvalue weighted by Crippen LogP contribution is 2.27. The molecule has 0 saturated carbocycles. The zero-order valence-electron chi connectivity index (χ0n) is 11.3. The highest BCUT2D eigenvalue weighted by atomic mass is 35.5. The Bertz CT molecular complexity index is 469. The lowest BCUT2D eigenvalue weighted by Gasteiger charge is -2.21. The van der Waals surface area contributed by atoms with E-state index in [9.17, 15) is 9.18 Å². The highest BCUT2D eigenvalue weighted by molar-refractivity contribution is 5.94. The first kappa shape index (κ1) is 15.3. The number of amides is 1. The Kier molecular flexibility index (Phi) is 5.00. The van der Waals surface area contributed by atoms with E-state index in [1.165, 1.54) is 12.1 Å². The Morgan fingerprint density at radius 2 is 1.85 bits per heavy atom. The molecule has 0 unspecified atom stereocenters. The van der Waals surface area contributed by atoms with Crippen molar-refractivity contribution in [2.45, 2.75) is 12.8 Å². The van der Waals surface area contributed by atoms with Crippen LogP contribution in [0, 0.1) is 17.7 Å². The molecule has 2 saturated heterocycles. The summed E-state index contributed by atoms with van der Waals surface area (Å²) >= 11 is 0. The first-order valence-electron chi connectivity index (χ1n) is 6.99. The van der Waals surface area contributed by atoms with Gasteiger partial charge in [-0.15, -0.1) is 12.4 Å². The molecule has 110 valence electrons. The molecule has 20 heavy (non-hydrogen) atoms. The maximum Gasteiger partial charge on any atom is 0.253 e. The Morgan fingerprint density at radius 1 is 1.20 bits per heavy atom. The molecule has 3 rings (SSSR count). The molecule has 1 N–H and O–H groups in total. The van der Waals surface area contributed by atoms with Crippen LogP contribution < -0.4 is 5.32 Å². The molecule has 1 aromatic rings. The van der Waals surface area contributed by atoms with Crippen LogP contribution >= 0.6 is 12.4 Å². The van der Waals surface area contributed by atoms with Crippen LogP contribution in [0.2, 0.25) is 0 Å². The monoisotopic (exact) mass is 298 g/mol. The standard InChI is InChI=1S/C15H19FN2O.ClH/c16-14-3-1-2-11(8-14)15(19)18-6-4-12-9-17-10-13(12)5-7-18;/h1-3,8,12-13,17H,4-7,9-10H2;1H/t12-,13+;. The fourth-order valence-corrected chi connectivity index (χ4v) is 3.23. The third kappa shape index (κ3) is 3.13. The number of carbonyl (C=O) groups excluding carboxylic acids is 1. The first-order chi connectivity index (χ1) is 9.24. The van der Waals surface area contributed by atoms with Gasteiger partial charge in [0.05, 0.1) is 0 Å². The summed E-state index contributed by atoms with van der Waals surface area (Å²) in [5.41, 5.74) is 0.463. The minimum atomic E-state index is -0.346. The predicted octanol–water partition coefficient (Wildman–Crippen LogP) is 2.32. The van der Waals surface area contributed by atoms with E-state index in [4.69, 9.17) is 0 Å². The number of nitrogens with one attached hydrogen (secondary N) is 1. The van der Waals surface area contributed by atoms with Crippen LogP contribution in [-0.4, -0.2) is 37.0 Å². The second kappa shape index (κ2) is 6.55. The van der Waals surface area contributed by atoms with E-state index >= 15 is 0 Å². The Hall–Kier alpha value is -1.13. The number of rotatable bonds is 1. The van der Waals surface area contributed by atoms with Gasteiger partial charge in [-0.25, -0.2) is 4.39 Å². The van der Waals surface area contributed by atoms with Gasteiger partial charge in [0.15, 0.2) is 0 Å². The van der Waals surface area contributed by atoms with E-state index in [1.54, 1.807) is 12.1 Å². The van der Waals surface area contributed by atoms with Gasteiger partial charge in [-0.1, -0.05) is 6.07 Å². The molecule has 2 heterocycles. The van der Waals surface area contributed by atoms with Crippen molar-refractivity contribution in [2.75, 3.05) is 26.2 Å². The zero-order valence-corrected chi connectivity index (χ0v) is 12.2. The van der Waals surface area contributed by atoms with Gasteiger partial charge in [0.2, 0.25) is 0 Å². The van der Waals surface area contributed by atoms with Gasteiger partial charge < -0.3 is 10.2 Å². The van der Waals surface area contributed by atoms with Crippen molar-refractivity contribution in [1.29, 1.82) is 0 Å². The molecule has 2 aliphatic heterocycles. The second-order valence-electron chi connectivity index (χ2n) is 5.56. The van der Waals surface area contributed by atoms with Crippen LogP contribution in [0.5, 0.6) is 0 Å². The van der Waals surface area contributed by atoms with Gasteiger partial charge in [0.1, 0.15) is 5.82 Å². The molecular weight excluding hydrogens is 279 g/mol. The molecule has 5 heteroatoms. The molecule has 2 fully saturated rings. The Balaban J connectivity index is 0.00000147. The van der Waals surface area contributed by atoms with E-state index in [0.717, 1.165) is 39.0 Å². The molecule has 1 amide bonds. The summed E-state index contributed by atoms with van der Waals surface area (Å²) in [6.45, 7) is 3.73. The molecule has 0 aromatic heterocycles. The maximum atomic E-state index is 13.2. The zero-order chi connectivity index (χ0) is 13.2. The van der Waals surface area contributed by atoms with Gasteiger partial charge in [-0.05, 0) is 56.0 Å². The van der Waals surface area contributed by atoms with Crippen molar-refractivity contribution >= 4 is 18.3 Å². The lowest BCUT2D eigenvalue weighted by molar-refractivity contribution is 0.0758. The van der Waals surface area contributed by atoms with Crippen molar-refractivity contribution in [3.05, 3.63) is 35.6 Å². The van der Waals surface area contributed by atoms with Crippen molar-refractivity contribution in [3.63, 3.8) is 0 Å². The van der Waals surface area contributed by atoms with E-state index in [0.29, 0.717) is 17.4 Å². The average molecular weight is 299 g/mol. The van der Waals surface area contributed by atoms with Gasteiger partial charge in [-0.2, -0.15) is 0 Å². The number of carbonyl (C=O) groups is 1. The molecule has 3 nitrogen and oxygen atoms in total. The molecular formula is C15H20ClFN2O. The summed E-state index contributed by atoms with van der Waals surface area (Å²) in [5.74, 6) is 1.02. The summed E-state index contributed by atoms with van der Waals surface area (Å²) in [4.78, 5) is 14.3. The molecule has 1 aromatic carbocycles. The van der Waals surface area contributed by atoms with E-state index in [2.05, 4.69) is 5.32 Å². The second-order valence-corrected chi connectivity index (χ2v) is 5.56. The SMILES string of the molecule is Cl.O=C(c1cccc(F)c1)N1CC[C@@H]2CNC[C@@H]2CC1. The number of nitrogens with zero attached hydrogens (tertiary/aromatic N) is 1. The predicted molar refractivity (Wildman–Crippen MR) is 78.6 cm³/mol. The Morgan fingerprint density at radius 3 is 2.45 bits per heavy atom. The van der Waals surface area contributed by atoms with E-state index in [-0.39, 0.29) is 24.1 Å². The third-order valence-electron chi connectivity index (χ3n) is 4.38. The summed E-state index contributed by atoms with van der Waals surface area (Å²) in [7, 11) is 0. The summed E-state index contributed by atoms with van der Waals surface area (Å²) in [6, 6.07) is 5.99. The number of halogens is 2. The summed E-state index contributed by atoms with van der Waals surface area (Å²) in [5, 5.41) is 3.42. The van der Waals surface area contributed by atoms with Crippen LogP contribution in [-0.2, 0) is 0 Å². The van der Waals surface area contributed by atoms with Crippen molar-refractivity contribution in [2.24, 2.45) is 11.8 Å². The largest absolute Gasteiger partial charge is 0.339 e. The topological polar surface area (TPSA) is 32.3 Å². The molecule has 2 atom stereocenters. The van der Waals surface area contributed by atoms with Crippen LogP contribution in [0.1, 0.15) is 23.2 Å². The normalized spacial score (nSPS) is 25.6. The lowest BCUT2D eigenvalue weighted by Crippen LogP contribution is -2.32. The van der Waals surface area contributed by atoms with Crippen LogP contribution in [0.25, 0.3) is 0 Å². The molecule has 0 bridgehead atoms. The third-order valence-corrected chi connectivity index (χ3v) is 4.38. The number of hydrogen-bond acceptors (Lipinski definition) is 2. The van der Waals surface area contributed by atoms with Gasteiger partial charge in [-0.3, -0.25) is 4.79 Å². The molecule has 2 aliphatic rings. The van der Waals surface area contributed by atoms with Gasteiger partial charge >= 0.3 is 0 Å². The minimum Gasteiger partial charge on any atom is -0.339 e. The number of likely N-dealkylation sites (tertiary alicyclic amines) is 1. The van der Waals surface area contributed by atoms with E-state index < -0.39 is 0 Å². The molecule has 0 aliphatic carbocycles. The number of benzene rings is 1. The Labute approximate surface area is 124 Å². The van der Waals surface area contributed by atoms with Crippen molar-refractivity contribution in [1.82, 2.24) is 10.2 Å². The quantitative estimate of drug-likeness (QED) is 0.863. The smallest absolute Gasteiger partial charge is 0.253 e. The first-order valence-corrected chi connectivity index (χ1v) is 6.99. The fraction of sp³-hybridized carbons (Fsp3) is 0.533. The molecule has 0 radical (unpaired) electrons. The average Bonchev–Trinajstić information content (AvgIpc) is 2.77. The summed E-state index contributed by atoms with van der Waals surface area (Å²) in [6.07, 6.45) is 2.11. The van der Waals surface area contributed by atoms with Gasteiger partial charge in [0, 0.05) is 18.7 Å². The summed E-state index contributed by atoms with van der Waals surface area (Å²) < 4.78 is 13.2. The van der Waals surface area contributed by atoms with Crippen molar-refractivity contribution < 1.29 is 9.18 Å². The molecule has 0 spiro atoms. The highest BCUT2D eigenvalue weighted by Gasteiger charge is 2.31. The van der Waals surface area contributed by atoms with Crippen LogP contribution in [0.15, 0.2) is 24.3 Å². The maximum absolute atomic E-state index is 13.2. The van der Waals surface area contributed by atoms with Crippen LogP contribution in [0.3, 0.4) is 0 Å². The van der Waals surface area contributed by atoms with E-state index in [1.807, 2.05) is 4.90 Å². The lowest BCUT2D eigenvalue weighted by atomic mass is 9.92. The van der Waals surface area contributed by atoms with Crippen LogP contribution in [0.4, 0.5) is 4.39 Å². The van der Waals surface area contributed by atoms with Gasteiger partial charge in [0.25, 0.3) is 5.91 Å². The number of hydrogen-bond donors (Lipinski definition) is 1.